The molecule has 1 heterocycles. The third kappa shape index (κ3) is 1.76. The average Bonchev–Trinajstić information content (AvgIpc) is 2.28. The van der Waals surface area contributed by atoms with Gasteiger partial charge in [-0.05, 0) is 18.2 Å². The highest BCUT2D eigenvalue weighted by atomic mass is 16.4. The van der Waals surface area contributed by atoms with Crippen LogP contribution in [0.25, 0.3) is 10.9 Å². The number of rotatable bonds is 2. The molecule has 0 unspecified atom stereocenters. The second-order valence-corrected chi connectivity index (χ2v) is 3.40. The quantitative estimate of drug-likeness (QED) is 0.714. The molecule has 0 saturated carbocycles. The van der Waals surface area contributed by atoms with Gasteiger partial charge in [0.25, 0.3) is 0 Å². The molecule has 0 saturated heterocycles. The van der Waals surface area contributed by atoms with Crippen molar-refractivity contribution in [2.75, 3.05) is 0 Å². The van der Waals surface area contributed by atoms with Crippen LogP contribution in [0, 0.1) is 0 Å². The van der Waals surface area contributed by atoms with E-state index in [9.17, 15) is 14.4 Å². The first-order valence-electron chi connectivity index (χ1n) is 4.62. The molecule has 0 bridgehead atoms. The van der Waals surface area contributed by atoms with Crippen LogP contribution in [0.2, 0.25) is 0 Å². The number of fused-ring (bicyclic) bond motifs is 1. The van der Waals surface area contributed by atoms with Crippen molar-refractivity contribution in [3.63, 3.8) is 0 Å². The first-order chi connectivity index (χ1) is 8.00. The lowest BCUT2D eigenvalue weighted by Gasteiger charge is -2.01. The number of nitrogens with one attached hydrogen (secondary N) is 1. The van der Waals surface area contributed by atoms with Crippen LogP contribution in [0.1, 0.15) is 20.7 Å². The van der Waals surface area contributed by atoms with Gasteiger partial charge in [-0.1, -0.05) is 0 Å². The number of aromatic carboxylic acids is 2. The molecule has 1 aromatic carbocycles. The Hall–Kier alpha value is -2.63. The van der Waals surface area contributed by atoms with Crippen LogP contribution in [0.15, 0.2) is 29.2 Å². The van der Waals surface area contributed by atoms with Gasteiger partial charge in [-0.3, -0.25) is 4.79 Å². The van der Waals surface area contributed by atoms with Gasteiger partial charge in [-0.25, -0.2) is 9.59 Å². The van der Waals surface area contributed by atoms with Crippen LogP contribution in [-0.2, 0) is 0 Å². The summed E-state index contributed by atoms with van der Waals surface area (Å²) in [6, 6.07) is 3.83. The van der Waals surface area contributed by atoms with E-state index in [1.807, 2.05) is 0 Å². The van der Waals surface area contributed by atoms with E-state index >= 15 is 0 Å². The van der Waals surface area contributed by atoms with Gasteiger partial charge in [-0.2, -0.15) is 0 Å². The maximum Gasteiger partial charge on any atom is 0.341 e. The number of carbonyl (C=O) groups is 2. The van der Waals surface area contributed by atoms with Gasteiger partial charge >= 0.3 is 11.9 Å². The SMILES string of the molecule is O=C(O)c1ccc2c(=O)c(C(=O)O)c[nH]c2c1. The van der Waals surface area contributed by atoms with Gasteiger partial charge in [-0.15, -0.1) is 0 Å². The molecule has 0 amide bonds. The zero-order valence-corrected chi connectivity index (χ0v) is 8.43. The monoisotopic (exact) mass is 233 g/mol. The fraction of sp³-hybridized carbons (Fsp3) is 0. The molecule has 86 valence electrons. The smallest absolute Gasteiger partial charge is 0.341 e. The van der Waals surface area contributed by atoms with Crippen LogP contribution in [-0.4, -0.2) is 27.1 Å². The van der Waals surface area contributed by atoms with Crippen molar-refractivity contribution >= 4 is 22.8 Å². The van der Waals surface area contributed by atoms with Gasteiger partial charge in [0.05, 0.1) is 11.1 Å². The predicted molar refractivity (Wildman–Crippen MR) is 58.5 cm³/mol. The molecular formula is C11H7NO5. The van der Waals surface area contributed by atoms with Crippen LogP contribution < -0.4 is 5.43 Å². The van der Waals surface area contributed by atoms with Crippen molar-refractivity contribution in [1.29, 1.82) is 0 Å². The molecule has 0 aliphatic carbocycles. The fourth-order valence-electron chi connectivity index (χ4n) is 1.51. The lowest BCUT2D eigenvalue weighted by Crippen LogP contribution is -2.15. The van der Waals surface area contributed by atoms with Gasteiger partial charge in [0, 0.05) is 11.6 Å². The summed E-state index contributed by atoms with van der Waals surface area (Å²) >= 11 is 0. The first-order valence-corrected chi connectivity index (χ1v) is 4.62. The summed E-state index contributed by atoms with van der Waals surface area (Å²) in [4.78, 5) is 35.7. The molecule has 0 aliphatic heterocycles. The summed E-state index contributed by atoms with van der Waals surface area (Å²) in [5.74, 6) is -2.44. The minimum Gasteiger partial charge on any atom is -0.478 e. The topological polar surface area (TPSA) is 107 Å². The summed E-state index contributed by atoms with van der Waals surface area (Å²) in [7, 11) is 0. The summed E-state index contributed by atoms with van der Waals surface area (Å²) in [5, 5.41) is 17.7. The maximum absolute atomic E-state index is 11.7. The third-order valence-corrected chi connectivity index (χ3v) is 2.36. The van der Waals surface area contributed by atoms with E-state index < -0.39 is 17.4 Å². The predicted octanol–water partition coefficient (Wildman–Crippen LogP) is 0.924. The fourth-order valence-corrected chi connectivity index (χ4v) is 1.51. The van der Waals surface area contributed by atoms with E-state index in [2.05, 4.69) is 4.98 Å². The number of pyridine rings is 1. The van der Waals surface area contributed by atoms with Gasteiger partial charge in [0.2, 0.25) is 5.43 Å². The van der Waals surface area contributed by atoms with Gasteiger partial charge in [0.1, 0.15) is 5.56 Å². The van der Waals surface area contributed by atoms with Crippen LogP contribution in [0.4, 0.5) is 0 Å². The number of benzene rings is 1. The average molecular weight is 233 g/mol. The Kier molecular flexibility index (Phi) is 2.40. The molecule has 2 rings (SSSR count). The summed E-state index contributed by atoms with van der Waals surface area (Å²) in [6.45, 7) is 0. The zero-order valence-electron chi connectivity index (χ0n) is 8.43. The lowest BCUT2D eigenvalue weighted by atomic mass is 10.1. The van der Waals surface area contributed by atoms with E-state index in [-0.39, 0.29) is 16.5 Å². The summed E-state index contributed by atoms with van der Waals surface area (Å²) in [5.41, 5.74) is -0.695. The molecular weight excluding hydrogens is 226 g/mol. The van der Waals surface area contributed by atoms with Gasteiger partial charge < -0.3 is 15.2 Å². The van der Waals surface area contributed by atoms with Crippen molar-refractivity contribution in [3.05, 3.63) is 45.7 Å². The number of carboxylic acid groups (broad SMARTS) is 2. The standard InChI is InChI=1S/C11H7NO5/c13-9-6-2-1-5(10(14)15)3-8(6)12-4-7(9)11(16)17/h1-4H,(H,12,13)(H,14,15)(H,16,17). The molecule has 3 N–H and O–H groups in total. The highest BCUT2D eigenvalue weighted by Crippen LogP contribution is 2.11. The van der Waals surface area contributed by atoms with E-state index in [1.165, 1.54) is 18.2 Å². The van der Waals surface area contributed by atoms with Gasteiger partial charge in [0.15, 0.2) is 0 Å². The number of H-pyrrole nitrogens is 1. The lowest BCUT2D eigenvalue weighted by molar-refractivity contribution is 0.0685. The van der Waals surface area contributed by atoms with Crippen molar-refractivity contribution in [2.24, 2.45) is 0 Å². The molecule has 0 spiro atoms. The normalized spacial score (nSPS) is 10.4. The molecule has 0 radical (unpaired) electrons. The minimum absolute atomic E-state index is 0.0243. The maximum atomic E-state index is 11.7. The van der Waals surface area contributed by atoms with Crippen LogP contribution >= 0.6 is 0 Å². The number of hydrogen-bond acceptors (Lipinski definition) is 3. The second kappa shape index (κ2) is 3.75. The first kappa shape index (κ1) is 10.9. The number of aromatic nitrogens is 1. The molecule has 1 aromatic heterocycles. The third-order valence-electron chi connectivity index (χ3n) is 2.36. The van der Waals surface area contributed by atoms with E-state index in [0.717, 1.165) is 6.20 Å². The number of carboxylic acids is 2. The molecule has 0 aliphatic rings. The van der Waals surface area contributed by atoms with Crippen LogP contribution in [0.3, 0.4) is 0 Å². The second-order valence-electron chi connectivity index (χ2n) is 3.40. The number of aromatic amines is 1. The Balaban J connectivity index is 2.77. The summed E-state index contributed by atoms with van der Waals surface area (Å²) in [6.07, 6.45) is 1.05. The van der Waals surface area contributed by atoms with Crippen molar-refractivity contribution in [3.8, 4) is 0 Å². The van der Waals surface area contributed by atoms with Crippen LogP contribution in [0.5, 0.6) is 0 Å². The molecule has 17 heavy (non-hydrogen) atoms. The number of hydrogen-bond donors (Lipinski definition) is 3. The Morgan fingerprint density at radius 1 is 1.12 bits per heavy atom. The van der Waals surface area contributed by atoms with Crippen molar-refractivity contribution < 1.29 is 19.8 Å². The summed E-state index contributed by atoms with van der Waals surface area (Å²) < 4.78 is 0. The molecule has 2 aromatic rings. The molecule has 6 nitrogen and oxygen atoms in total. The van der Waals surface area contributed by atoms with Crippen molar-refractivity contribution in [1.82, 2.24) is 4.98 Å². The minimum atomic E-state index is -1.32. The van der Waals surface area contributed by atoms with E-state index in [4.69, 9.17) is 10.2 Å². The highest BCUT2D eigenvalue weighted by Gasteiger charge is 2.12. The largest absolute Gasteiger partial charge is 0.478 e. The van der Waals surface area contributed by atoms with E-state index in [0.29, 0.717) is 5.52 Å². The molecule has 0 fully saturated rings. The molecule has 6 heteroatoms. The Morgan fingerprint density at radius 2 is 1.82 bits per heavy atom. The highest BCUT2D eigenvalue weighted by molar-refractivity contribution is 5.95. The van der Waals surface area contributed by atoms with E-state index in [1.54, 1.807) is 0 Å². The van der Waals surface area contributed by atoms with Crippen molar-refractivity contribution in [2.45, 2.75) is 0 Å². The Labute approximate surface area is 94.1 Å². The Morgan fingerprint density at radius 3 is 2.41 bits per heavy atom. The zero-order chi connectivity index (χ0) is 12.6. The molecule has 0 atom stereocenters. The Bertz CT molecular complexity index is 686.